The van der Waals surface area contributed by atoms with Crippen LogP contribution in [0.25, 0.3) is 0 Å². The summed E-state index contributed by atoms with van der Waals surface area (Å²) in [6.07, 6.45) is 0.921. The predicted molar refractivity (Wildman–Crippen MR) is 43.9 cm³/mol. The fraction of sp³-hybridized carbons (Fsp3) is 0.750. The molecule has 0 aromatic carbocycles. The molecule has 1 fully saturated rings. The average molecular weight is 188 g/mol. The van der Waals surface area contributed by atoms with Crippen molar-refractivity contribution in [2.75, 3.05) is 13.1 Å². The second-order valence-corrected chi connectivity index (χ2v) is 3.17. The van der Waals surface area contributed by atoms with Crippen molar-refractivity contribution in [1.82, 2.24) is 15.5 Å². The molecule has 2 rings (SSSR count). The topological polar surface area (TPSA) is 51.0 Å². The van der Waals surface area contributed by atoms with Gasteiger partial charge in [0.25, 0.3) is 5.89 Å². The van der Waals surface area contributed by atoms with Gasteiger partial charge in [-0.3, -0.25) is 0 Å². The van der Waals surface area contributed by atoms with Gasteiger partial charge >= 0.3 is 0 Å². The van der Waals surface area contributed by atoms with E-state index in [4.69, 9.17) is 8.64 Å². The number of halogens is 1. The van der Waals surface area contributed by atoms with Crippen molar-refractivity contribution in [2.45, 2.75) is 25.4 Å². The lowest BCUT2D eigenvalue weighted by Crippen LogP contribution is -2.40. The molecular formula is C8H12FN3O. The zero-order valence-corrected chi connectivity index (χ0v) is 7.01. The van der Waals surface area contributed by atoms with Crippen LogP contribution in [-0.2, 0) is 5.67 Å². The SMILES string of the molecule is [2H]C([2H])([2H])c1noc([C@@]2(F)CCCNC2)n1. The van der Waals surface area contributed by atoms with Crippen LogP contribution in [-0.4, -0.2) is 23.2 Å². The molecule has 72 valence electrons. The summed E-state index contributed by atoms with van der Waals surface area (Å²) in [5.74, 6) is -0.684. The number of nitrogens with zero attached hydrogens (tertiary/aromatic N) is 2. The van der Waals surface area contributed by atoms with Gasteiger partial charge in [-0.1, -0.05) is 5.16 Å². The van der Waals surface area contributed by atoms with E-state index >= 15 is 0 Å². The lowest BCUT2D eigenvalue weighted by molar-refractivity contribution is 0.0785. The lowest BCUT2D eigenvalue weighted by Gasteiger charge is -2.26. The summed E-state index contributed by atoms with van der Waals surface area (Å²) < 4.78 is 40.2. The molecule has 0 bridgehead atoms. The van der Waals surface area contributed by atoms with Crippen molar-refractivity contribution < 1.29 is 13.0 Å². The minimum atomic E-state index is -2.46. The van der Waals surface area contributed by atoms with E-state index in [1.165, 1.54) is 0 Å². The maximum atomic E-state index is 14.3. The van der Waals surface area contributed by atoms with E-state index in [2.05, 4.69) is 15.5 Å². The molecule has 1 aromatic heterocycles. The van der Waals surface area contributed by atoms with Gasteiger partial charge in [0.05, 0.1) is 0 Å². The molecule has 2 heterocycles. The molecule has 0 aliphatic carbocycles. The normalized spacial score (nSPS) is 33.5. The van der Waals surface area contributed by atoms with Crippen LogP contribution in [0.5, 0.6) is 0 Å². The second kappa shape index (κ2) is 3.06. The molecule has 1 aliphatic rings. The Morgan fingerprint density at radius 2 is 2.69 bits per heavy atom. The first-order valence-corrected chi connectivity index (χ1v) is 4.16. The smallest absolute Gasteiger partial charge is 0.265 e. The molecule has 1 N–H and O–H groups in total. The van der Waals surface area contributed by atoms with Gasteiger partial charge in [0, 0.05) is 10.7 Å². The monoisotopic (exact) mass is 188 g/mol. The number of alkyl halides is 1. The molecule has 1 aliphatic heterocycles. The Morgan fingerprint density at radius 1 is 1.77 bits per heavy atom. The number of rotatable bonds is 1. The summed E-state index contributed by atoms with van der Waals surface area (Å²) in [7, 11) is 0. The first-order chi connectivity index (χ1) is 7.42. The first-order valence-electron chi connectivity index (χ1n) is 5.66. The molecule has 1 atom stereocenters. The zero-order valence-electron chi connectivity index (χ0n) is 10.0. The molecule has 1 saturated heterocycles. The van der Waals surface area contributed by atoms with Gasteiger partial charge in [-0.05, 0) is 26.2 Å². The third-order valence-corrected chi connectivity index (χ3v) is 2.14. The van der Waals surface area contributed by atoms with Crippen molar-refractivity contribution in [3.05, 3.63) is 11.7 Å². The van der Waals surface area contributed by atoms with E-state index < -0.39 is 18.3 Å². The minimum Gasteiger partial charge on any atom is -0.336 e. The Morgan fingerprint density at radius 3 is 3.31 bits per heavy atom. The van der Waals surface area contributed by atoms with E-state index in [0.717, 1.165) is 6.54 Å². The molecule has 1 aromatic rings. The lowest BCUT2D eigenvalue weighted by atomic mass is 9.96. The van der Waals surface area contributed by atoms with Crippen LogP contribution >= 0.6 is 0 Å². The van der Waals surface area contributed by atoms with Crippen LogP contribution in [0.2, 0.25) is 0 Å². The van der Waals surface area contributed by atoms with Crippen molar-refractivity contribution in [3.8, 4) is 0 Å². The zero-order chi connectivity index (χ0) is 11.8. The van der Waals surface area contributed by atoms with Crippen LogP contribution in [0.3, 0.4) is 0 Å². The van der Waals surface area contributed by atoms with E-state index in [1.54, 1.807) is 0 Å². The van der Waals surface area contributed by atoms with Gasteiger partial charge in [-0.25, -0.2) is 4.39 Å². The predicted octanol–water partition coefficient (Wildman–Crippen LogP) is 0.926. The van der Waals surface area contributed by atoms with Gasteiger partial charge in [-0.15, -0.1) is 0 Å². The highest BCUT2D eigenvalue weighted by molar-refractivity contribution is 5.01. The number of aromatic nitrogens is 2. The molecule has 0 saturated carbocycles. The standard InChI is InChI=1S/C8H12FN3O/c1-6-11-7(13-12-6)8(9)3-2-4-10-5-8/h10H,2-5H2,1H3/t8-/m1/s1/i1D3. The number of hydrogen-bond acceptors (Lipinski definition) is 4. The summed E-state index contributed by atoms with van der Waals surface area (Å²) in [5.41, 5.74) is -1.74. The molecule has 13 heavy (non-hydrogen) atoms. The Labute approximate surface area is 79.7 Å². The molecule has 0 spiro atoms. The molecule has 0 amide bonds. The molecule has 0 unspecified atom stereocenters. The van der Waals surface area contributed by atoms with Crippen molar-refractivity contribution in [2.24, 2.45) is 0 Å². The summed E-state index contributed by atoms with van der Waals surface area (Å²) in [4.78, 5) is 3.62. The average Bonchev–Trinajstić information content (AvgIpc) is 2.67. The minimum absolute atomic E-state index is 0.0790. The number of hydrogen-bond donors (Lipinski definition) is 1. The van der Waals surface area contributed by atoms with Crippen molar-refractivity contribution >= 4 is 0 Å². The van der Waals surface area contributed by atoms with Crippen LogP contribution < -0.4 is 5.32 Å². The maximum absolute atomic E-state index is 14.3. The van der Waals surface area contributed by atoms with Crippen molar-refractivity contribution in [3.63, 3.8) is 0 Å². The fourth-order valence-corrected chi connectivity index (χ4v) is 1.46. The van der Waals surface area contributed by atoms with Gasteiger partial charge in [0.15, 0.2) is 5.82 Å². The Bertz CT molecular complexity index is 373. The summed E-state index contributed by atoms with van der Waals surface area (Å²) in [6.45, 7) is -1.64. The molecule has 4 nitrogen and oxygen atoms in total. The van der Waals surface area contributed by atoms with E-state index in [1.807, 2.05) is 0 Å². The number of aryl methyl sites for hydroxylation is 1. The van der Waals surface area contributed by atoms with E-state index in [9.17, 15) is 4.39 Å². The highest BCUT2D eigenvalue weighted by atomic mass is 19.1. The highest BCUT2D eigenvalue weighted by Crippen LogP contribution is 2.31. The first kappa shape index (κ1) is 5.70. The molecule has 5 heteroatoms. The van der Waals surface area contributed by atoms with Gasteiger partial charge < -0.3 is 9.84 Å². The Balaban J connectivity index is 2.24. The Hall–Kier alpha value is -0.970. The maximum Gasteiger partial charge on any atom is 0.265 e. The van der Waals surface area contributed by atoms with Gasteiger partial charge in [0.2, 0.25) is 5.67 Å². The summed E-state index contributed by atoms with van der Waals surface area (Å²) >= 11 is 0. The van der Waals surface area contributed by atoms with Gasteiger partial charge in [-0.2, -0.15) is 4.98 Å². The van der Waals surface area contributed by atoms with E-state index in [0.29, 0.717) is 6.42 Å². The quantitative estimate of drug-likeness (QED) is 0.712. The third-order valence-electron chi connectivity index (χ3n) is 2.14. The molecule has 0 radical (unpaired) electrons. The third kappa shape index (κ3) is 1.56. The highest BCUT2D eigenvalue weighted by Gasteiger charge is 2.39. The largest absolute Gasteiger partial charge is 0.336 e. The van der Waals surface area contributed by atoms with Crippen LogP contribution in [0.15, 0.2) is 4.52 Å². The second-order valence-electron chi connectivity index (χ2n) is 3.17. The summed E-state index contributed by atoms with van der Waals surface area (Å²) in [6, 6.07) is 0. The van der Waals surface area contributed by atoms with E-state index in [-0.39, 0.29) is 18.9 Å². The van der Waals surface area contributed by atoms with Gasteiger partial charge in [0.1, 0.15) is 0 Å². The summed E-state index contributed by atoms with van der Waals surface area (Å²) in [5, 5.41) is 6.17. The number of nitrogens with one attached hydrogen (secondary N) is 1. The van der Waals surface area contributed by atoms with Crippen LogP contribution in [0.4, 0.5) is 4.39 Å². The van der Waals surface area contributed by atoms with Crippen LogP contribution in [0, 0.1) is 6.85 Å². The number of piperidine rings is 1. The van der Waals surface area contributed by atoms with Crippen molar-refractivity contribution in [1.29, 1.82) is 0 Å². The Kier molecular flexibility index (Phi) is 1.34. The molecular weight excluding hydrogens is 173 g/mol. The van der Waals surface area contributed by atoms with Crippen LogP contribution in [0.1, 0.15) is 28.7 Å². The fourth-order valence-electron chi connectivity index (χ4n) is 1.46.